The van der Waals surface area contributed by atoms with Gasteiger partial charge in [0.2, 0.25) is 0 Å². The molecular weight excluding hydrogens is 364 g/mol. The number of aromatic amines is 1. The van der Waals surface area contributed by atoms with Crippen LogP contribution in [0.1, 0.15) is 43.7 Å². The minimum Gasteiger partial charge on any atom is -0.323 e. The second-order valence-electron chi connectivity index (χ2n) is 6.59. The van der Waals surface area contributed by atoms with E-state index in [9.17, 15) is 0 Å². The summed E-state index contributed by atoms with van der Waals surface area (Å²) in [6, 6.07) is 16.2. The van der Waals surface area contributed by atoms with E-state index in [1.807, 2.05) is 30.3 Å². The van der Waals surface area contributed by atoms with Gasteiger partial charge >= 0.3 is 0 Å². The first-order valence-corrected chi connectivity index (χ1v) is 10.2. The normalized spacial score (nSPS) is 15.1. The van der Waals surface area contributed by atoms with Gasteiger partial charge < -0.3 is 5.32 Å². The van der Waals surface area contributed by atoms with Crippen molar-refractivity contribution in [1.82, 2.24) is 15.2 Å². The summed E-state index contributed by atoms with van der Waals surface area (Å²) < 4.78 is 0. The Bertz CT molecular complexity index is 859. The van der Waals surface area contributed by atoms with Crippen LogP contribution in [0.4, 0.5) is 11.6 Å². The van der Waals surface area contributed by atoms with E-state index in [1.165, 1.54) is 42.7 Å². The number of rotatable bonds is 5. The Morgan fingerprint density at radius 3 is 2.58 bits per heavy atom. The van der Waals surface area contributed by atoms with E-state index in [0.717, 1.165) is 10.7 Å². The van der Waals surface area contributed by atoms with Gasteiger partial charge in [-0.15, -0.1) is 0 Å². The van der Waals surface area contributed by atoms with Crippen LogP contribution in [-0.2, 0) is 0 Å². The van der Waals surface area contributed by atoms with Gasteiger partial charge in [0, 0.05) is 27.5 Å². The molecule has 26 heavy (non-hydrogen) atoms. The average Bonchev–Trinajstić information content (AvgIpc) is 3.11. The molecular formula is C20H21ClN4S. The molecule has 1 aliphatic rings. The Morgan fingerprint density at radius 1 is 0.962 bits per heavy atom. The van der Waals surface area contributed by atoms with E-state index in [0.29, 0.717) is 16.9 Å². The molecule has 0 saturated heterocycles. The van der Waals surface area contributed by atoms with E-state index < -0.39 is 0 Å². The molecule has 0 radical (unpaired) electrons. The number of hydrogen-bond acceptors (Lipinski definition) is 4. The number of aromatic nitrogens is 3. The highest BCUT2D eigenvalue weighted by atomic mass is 35.5. The predicted octanol–water partition coefficient (Wildman–Crippen LogP) is 6.40. The number of nitrogens with zero attached hydrogens (tertiary/aromatic N) is 2. The molecule has 2 heterocycles. The van der Waals surface area contributed by atoms with E-state index in [2.05, 4.69) is 38.7 Å². The third-order valence-corrected chi connectivity index (χ3v) is 5.82. The molecule has 2 aromatic heterocycles. The summed E-state index contributed by atoms with van der Waals surface area (Å²) in [5, 5.41) is 11.3. The molecule has 0 atom stereocenters. The van der Waals surface area contributed by atoms with Crippen molar-refractivity contribution in [2.45, 2.75) is 47.8 Å². The Balaban J connectivity index is 1.48. The second-order valence-corrected chi connectivity index (χ2v) is 8.13. The first-order chi connectivity index (χ1) is 12.8. The van der Waals surface area contributed by atoms with Crippen molar-refractivity contribution in [2.75, 3.05) is 5.32 Å². The Kier molecular flexibility index (Phi) is 5.46. The van der Waals surface area contributed by atoms with E-state index >= 15 is 0 Å². The summed E-state index contributed by atoms with van der Waals surface area (Å²) in [5.41, 5.74) is 1.22. The first-order valence-electron chi connectivity index (χ1n) is 8.99. The Hall–Kier alpha value is -1.98. The Morgan fingerprint density at radius 2 is 1.77 bits per heavy atom. The van der Waals surface area contributed by atoms with Crippen LogP contribution in [0.15, 0.2) is 58.3 Å². The molecule has 3 aromatic rings. The summed E-state index contributed by atoms with van der Waals surface area (Å²) in [4.78, 5) is 6.59. The van der Waals surface area contributed by atoms with E-state index in [4.69, 9.17) is 11.6 Å². The highest BCUT2D eigenvalue weighted by molar-refractivity contribution is 7.99. The largest absolute Gasteiger partial charge is 0.323 e. The van der Waals surface area contributed by atoms with E-state index in [1.54, 1.807) is 11.8 Å². The molecule has 1 saturated carbocycles. The number of pyridine rings is 1. The SMILES string of the molecule is Clc1cc(Sc2ccccc2)cc(Nc2cc(C3CCCCC3)[nH]n2)n1. The van der Waals surface area contributed by atoms with Gasteiger partial charge in [0.05, 0.1) is 0 Å². The first kappa shape index (κ1) is 17.4. The lowest BCUT2D eigenvalue weighted by Crippen LogP contribution is -2.04. The molecule has 4 rings (SSSR count). The molecule has 2 N–H and O–H groups in total. The van der Waals surface area contributed by atoms with Crippen LogP contribution in [0.3, 0.4) is 0 Å². The van der Waals surface area contributed by atoms with Gasteiger partial charge in [-0.25, -0.2) is 4.98 Å². The molecule has 1 fully saturated rings. The maximum absolute atomic E-state index is 6.22. The minimum atomic E-state index is 0.469. The van der Waals surface area contributed by atoms with Crippen molar-refractivity contribution in [3.05, 3.63) is 59.4 Å². The van der Waals surface area contributed by atoms with Gasteiger partial charge in [0.1, 0.15) is 11.0 Å². The molecule has 0 spiro atoms. The minimum absolute atomic E-state index is 0.469. The number of hydrogen-bond donors (Lipinski definition) is 2. The number of nitrogens with one attached hydrogen (secondary N) is 2. The van der Waals surface area contributed by atoms with Crippen molar-refractivity contribution < 1.29 is 0 Å². The molecule has 4 nitrogen and oxygen atoms in total. The van der Waals surface area contributed by atoms with Gasteiger partial charge in [0.25, 0.3) is 0 Å². The lowest BCUT2D eigenvalue weighted by atomic mass is 9.87. The lowest BCUT2D eigenvalue weighted by Gasteiger charge is -2.19. The number of halogens is 1. The fourth-order valence-corrected chi connectivity index (χ4v) is 4.56. The molecule has 1 aromatic carbocycles. The van der Waals surface area contributed by atoms with Crippen molar-refractivity contribution in [1.29, 1.82) is 0 Å². The summed E-state index contributed by atoms with van der Waals surface area (Å²) >= 11 is 7.88. The van der Waals surface area contributed by atoms with Crippen molar-refractivity contribution in [3.63, 3.8) is 0 Å². The number of H-pyrrole nitrogens is 1. The highest BCUT2D eigenvalue weighted by Crippen LogP contribution is 2.34. The summed E-state index contributed by atoms with van der Waals surface area (Å²) in [6.45, 7) is 0. The molecule has 0 amide bonds. The molecule has 1 aliphatic carbocycles. The maximum Gasteiger partial charge on any atom is 0.153 e. The quantitative estimate of drug-likeness (QED) is 0.499. The molecule has 0 unspecified atom stereocenters. The summed E-state index contributed by atoms with van der Waals surface area (Å²) in [5.74, 6) is 2.09. The van der Waals surface area contributed by atoms with Crippen molar-refractivity contribution >= 4 is 35.0 Å². The third kappa shape index (κ3) is 4.40. The predicted molar refractivity (Wildman–Crippen MR) is 108 cm³/mol. The zero-order valence-electron chi connectivity index (χ0n) is 14.4. The van der Waals surface area contributed by atoms with E-state index in [-0.39, 0.29) is 0 Å². The fraction of sp³-hybridized carbons (Fsp3) is 0.300. The van der Waals surface area contributed by atoms with Gasteiger partial charge in [-0.2, -0.15) is 5.10 Å². The van der Waals surface area contributed by atoms with Gasteiger partial charge in [-0.1, -0.05) is 60.8 Å². The van der Waals surface area contributed by atoms with Crippen molar-refractivity contribution in [2.24, 2.45) is 0 Å². The lowest BCUT2D eigenvalue weighted by molar-refractivity contribution is 0.436. The van der Waals surface area contributed by atoms with Gasteiger partial charge in [-0.05, 0) is 37.1 Å². The van der Waals surface area contributed by atoms with Crippen LogP contribution in [0, 0.1) is 0 Å². The molecule has 134 valence electrons. The van der Waals surface area contributed by atoms with Crippen molar-refractivity contribution in [3.8, 4) is 0 Å². The van der Waals surface area contributed by atoms with Crippen LogP contribution < -0.4 is 5.32 Å². The average molecular weight is 385 g/mol. The number of anilines is 2. The fourth-order valence-electron chi connectivity index (χ4n) is 3.38. The van der Waals surface area contributed by atoms with Crippen LogP contribution in [0.5, 0.6) is 0 Å². The highest BCUT2D eigenvalue weighted by Gasteiger charge is 2.18. The summed E-state index contributed by atoms with van der Waals surface area (Å²) in [7, 11) is 0. The zero-order chi connectivity index (χ0) is 17.8. The molecule has 0 bridgehead atoms. The van der Waals surface area contributed by atoms with Crippen LogP contribution in [0.25, 0.3) is 0 Å². The van der Waals surface area contributed by atoms with Gasteiger partial charge in [0.15, 0.2) is 5.82 Å². The monoisotopic (exact) mass is 384 g/mol. The van der Waals surface area contributed by atoms with Crippen LogP contribution in [0.2, 0.25) is 5.15 Å². The standard InChI is InChI=1S/C20H21ClN4S/c21-18-11-16(26-15-9-5-2-6-10-15)12-19(22-18)23-20-13-17(24-25-20)14-7-3-1-4-8-14/h2,5-6,9-14H,1,3-4,7-8H2,(H2,22,23,24,25). The maximum atomic E-state index is 6.22. The molecule has 0 aliphatic heterocycles. The zero-order valence-corrected chi connectivity index (χ0v) is 16.0. The van der Waals surface area contributed by atoms with Crippen LogP contribution >= 0.6 is 23.4 Å². The second kappa shape index (κ2) is 8.14. The smallest absolute Gasteiger partial charge is 0.153 e. The topological polar surface area (TPSA) is 53.6 Å². The third-order valence-electron chi connectivity index (χ3n) is 4.65. The number of benzene rings is 1. The van der Waals surface area contributed by atoms with Gasteiger partial charge in [-0.3, -0.25) is 5.10 Å². The Labute approximate surface area is 162 Å². The summed E-state index contributed by atoms with van der Waals surface area (Å²) in [6.07, 6.45) is 6.46. The van der Waals surface area contributed by atoms with Crippen LogP contribution in [-0.4, -0.2) is 15.2 Å². The molecule has 6 heteroatoms.